The van der Waals surface area contributed by atoms with Crippen LogP contribution in [0.1, 0.15) is 22.3 Å². The highest BCUT2D eigenvalue weighted by atomic mass is 14.9. The van der Waals surface area contributed by atoms with Gasteiger partial charge in [-0.25, -0.2) is 9.97 Å². The summed E-state index contributed by atoms with van der Waals surface area (Å²) in [5.41, 5.74) is 12.2. The minimum Gasteiger partial charge on any atom is -0.228 e. The third kappa shape index (κ3) is 4.82. The quantitative estimate of drug-likeness (QED) is 0.179. The van der Waals surface area contributed by atoms with E-state index in [1.54, 1.807) is 0 Å². The second-order valence-electron chi connectivity index (χ2n) is 14.5. The Kier molecular flexibility index (Phi) is 7.11. The monoisotopic (exact) mass is 698 g/mol. The van der Waals surface area contributed by atoms with Crippen LogP contribution >= 0.6 is 0 Å². The highest BCUT2D eigenvalue weighted by molar-refractivity contribution is 6.02. The van der Waals surface area contributed by atoms with Crippen molar-refractivity contribution in [1.29, 1.82) is 0 Å². The summed E-state index contributed by atoms with van der Waals surface area (Å²) in [4.78, 5) is 10.7. The fourth-order valence-corrected chi connectivity index (χ4v) is 9.17. The molecular formula is C53H34N2. The largest absolute Gasteiger partial charge is 0.228 e. The smallest absolute Gasteiger partial charge is 0.160 e. The zero-order valence-electron chi connectivity index (χ0n) is 30.0. The molecule has 0 N–H and O–H groups in total. The topological polar surface area (TPSA) is 25.8 Å². The number of fused-ring (bicyclic) bond motifs is 7. The molecule has 2 heteroatoms. The lowest BCUT2D eigenvalue weighted by molar-refractivity contribution is 0.775. The van der Waals surface area contributed by atoms with Gasteiger partial charge in [0, 0.05) is 16.7 Å². The van der Waals surface area contributed by atoms with Crippen LogP contribution < -0.4 is 0 Å². The van der Waals surface area contributed by atoms with Crippen LogP contribution in [0, 0.1) is 0 Å². The zero-order valence-corrected chi connectivity index (χ0v) is 30.0. The molecule has 1 heterocycles. The molecule has 256 valence electrons. The molecule has 1 aliphatic carbocycles. The summed E-state index contributed by atoms with van der Waals surface area (Å²) in [6, 6.07) is 74.5. The van der Waals surface area contributed by atoms with Crippen LogP contribution in [-0.4, -0.2) is 9.97 Å². The summed E-state index contributed by atoms with van der Waals surface area (Å²) < 4.78 is 0. The number of nitrogens with zero attached hydrogens (tertiary/aromatic N) is 2. The van der Waals surface area contributed by atoms with E-state index in [4.69, 9.17) is 9.97 Å². The van der Waals surface area contributed by atoms with Gasteiger partial charge >= 0.3 is 0 Å². The fraction of sp³-hybridized carbons (Fsp3) is 0.0189. The average molecular weight is 699 g/mol. The zero-order chi connectivity index (χ0) is 36.3. The summed E-state index contributed by atoms with van der Waals surface area (Å²) in [6.45, 7) is 0. The van der Waals surface area contributed by atoms with E-state index in [1.165, 1.54) is 60.3 Å². The minimum absolute atomic E-state index is 0.484. The molecule has 0 saturated carbocycles. The van der Waals surface area contributed by atoms with E-state index in [2.05, 4.69) is 206 Å². The van der Waals surface area contributed by atoms with Crippen LogP contribution in [0.2, 0.25) is 0 Å². The summed E-state index contributed by atoms with van der Waals surface area (Å²) in [7, 11) is 0. The summed E-state index contributed by atoms with van der Waals surface area (Å²) >= 11 is 0. The molecule has 0 amide bonds. The van der Waals surface area contributed by atoms with Crippen LogP contribution in [0.3, 0.4) is 0 Å². The molecule has 9 aromatic carbocycles. The van der Waals surface area contributed by atoms with Gasteiger partial charge in [0.1, 0.15) is 0 Å². The van der Waals surface area contributed by atoms with Crippen molar-refractivity contribution in [3.05, 3.63) is 229 Å². The van der Waals surface area contributed by atoms with E-state index >= 15 is 0 Å². The van der Waals surface area contributed by atoms with E-state index < -0.39 is 5.41 Å². The van der Waals surface area contributed by atoms with Crippen molar-refractivity contribution in [2.45, 2.75) is 5.41 Å². The van der Waals surface area contributed by atoms with Crippen LogP contribution in [0.5, 0.6) is 0 Å². The Balaban J connectivity index is 1.17. The van der Waals surface area contributed by atoms with Crippen molar-refractivity contribution in [2.24, 2.45) is 0 Å². The molecule has 0 bridgehead atoms. The molecule has 0 atom stereocenters. The SMILES string of the molecule is c1ccc(C2(c3ccccc3)c3ccccc3-c3ccc4cc(-c5nc(-c6cccc7ccccc67)cc(-c6cccc7ccccc67)n5)ccc4c32)cc1. The van der Waals surface area contributed by atoms with Gasteiger partial charge in [-0.1, -0.05) is 194 Å². The highest BCUT2D eigenvalue weighted by Crippen LogP contribution is 2.58. The standard InChI is InChI=1S/C53H34N2/c1-3-19-39(20-4-1)53(40-21-5-2-6-22-40)48-28-12-11-25-44(48)47-32-29-37-33-38(30-31-43(37)51(47)53)52-54-49(45-26-13-17-35-15-7-9-23-41(35)45)34-50(55-52)46-27-14-18-36-16-8-10-24-42(36)46/h1-34H. The molecule has 0 saturated heterocycles. The number of hydrogen-bond donors (Lipinski definition) is 0. The first-order chi connectivity index (χ1) is 27.3. The van der Waals surface area contributed by atoms with Gasteiger partial charge in [-0.15, -0.1) is 0 Å². The Morgan fingerprint density at radius 3 is 1.49 bits per heavy atom. The lowest BCUT2D eigenvalue weighted by atomic mass is 9.66. The second-order valence-corrected chi connectivity index (χ2v) is 14.5. The second kappa shape index (κ2) is 12.5. The number of benzene rings is 9. The van der Waals surface area contributed by atoms with Gasteiger partial charge in [0.25, 0.3) is 0 Å². The third-order valence-electron chi connectivity index (χ3n) is 11.5. The fourth-order valence-electron chi connectivity index (χ4n) is 9.17. The first-order valence-corrected chi connectivity index (χ1v) is 18.9. The van der Waals surface area contributed by atoms with E-state index in [9.17, 15) is 0 Å². The summed E-state index contributed by atoms with van der Waals surface area (Å²) in [6.07, 6.45) is 0. The van der Waals surface area contributed by atoms with E-state index in [0.717, 1.165) is 33.5 Å². The molecule has 10 aromatic rings. The molecule has 11 rings (SSSR count). The number of hydrogen-bond acceptors (Lipinski definition) is 2. The average Bonchev–Trinajstić information content (AvgIpc) is 3.58. The van der Waals surface area contributed by atoms with Crippen molar-refractivity contribution in [1.82, 2.24) is 9.97 Å². The van der Waals surface area contributed by atoms with Crippen molar-refractivity contribution in [3.8, 4) is 45.0 Å². The van der Waals surface area contributed by atoms with Gasteiger partial charge in [-0.05, 0) is 77.8 Å². The van der Waals surface area contributed by atoms with Crippen LogP contribution in [-0.2, 0) is 5.41 Å². The Hall–Kier alpha value is -7.16. The van der Waals surface area contributed by atoms with Crippen LogP contribution in [0.4, 0.5) is 0 Å². The molecule has 2 nitrogen and oxygen atoms in total. The van der Waals surface area contributed by atoms with Crippen molar-refractivity contribution in [2.75, 3.05) is 0 Å². The normalized spacial score (nSPS) is 12.9. The molecule has 0 radical (unpaired) electrons. The molecule has 1 aliphatic rings. The molecule has 0 aliphatic heterocycles. The first-order valence-electron chi connectivity index (χ1n) is 18.9. The molecule has 1 aromatic heterocycles. The van der Waals surface area contributed by atoms with Gasteiger partial charge in [-0.3, -0.25) is 0 Å². The maximum atomic E-state index is 5.35. The lowest BCUT2D eigenvalue weighted by Gasteiger charge is -2.34. The van der Waals surface area contributed by atoms with E-state index in [1.807, 2.05) is 0 Å². The lowest BCUT2D eigenvalue weighted by Crippen LogP contribution is -2.28. The Bertz CT molecular complexity index is 2940. The maximum Gasteiger partial charge on any atom is 0.160 e. The molecule has 0 unspecified atom stereocenters. The summed E-state index contributed by atoms with van der Waals surface area (Å²) in [5, 5.41) is 7.10. The minimum atomic E-state index is -0.484. The molecular weight excluding hydrogens is 665 g/mol. The van der Waals surface area contributed by atoms with Crippen molar-refractivity contribution >= 4 is 32.3 Å². The van der Waals surface area contributed by atoms with Crippen LogP contribution in [0.25, 0.3) is 77.3 Å². The van der Waals surface area contributed by atoms with E-state index in [0.29, 0.717) is 5.82 Å². The maximum absolute atomic E-state index is 5.35. The van der Waals surface area contributed by atoms with Gasteiger partial charge < -0.3 is 0 Å². The number of rotatable bonds is 5. The van der Waals surface area contributed by atoms with Crippen LogP contribution in [0.15, 0.2) is 206 Å². The molecule has 55 heavy (non-hydrogen) atoms. The predicted molar refractivity (Wildman–Crippen MR) is 228 cm³/mol. The first kappa shape index (κ1) is 31.4. The molecule has 0 spiro atoms. The Labute approximate surface area is 320 Å². The molecule has 0 fully saturated rings. The van der Waals surface area contributed by atoms with Gasteiger partial charge in [0.05, 0.1) is 16.8 Å². The van der Waals surface area contributed by atoms with Crippen molar-refractivity contribution < 1.29 is 0 Å². The summed E-state index contributed by atoms with van der Waals surface area (Å²) in [5.74, 6) is 0.705. The van der Waals surface area contributed by atoms with E-state index in [-0.39, 0.29) is 0 Å². The Morgan fingerprint density at radius 1 is 0.327 bits per heavy atom. The van der Waals surface area contributed by atoms with Gasteiger partial charge in [-0.2, -0.15) is 0 Å². The Morgan fingerprint density at radius 2 is 0.855 bits per heavy atom. The van der Waals surface area contributed by atoms with Gasteiger partial charge in [0.15, 0.2) is 5.82 Å². The van der Waals surface area contributed by atoms with Crippen molar-refractivity contribution in [3.63, 3.8) is 0 Å². The third-order valence-corrected chi connectivity index (χ3v) is 11.5. The van der Waals surface area contributed by atoms with Gasteiger partial charge in [0.2, 0.25) is 0 Å². The number of aromatic nitrogens is 2. The highest BCUT2D eigenvalue weighted by Gasteiger charge is 2.46. The predicted octanol–water partition coefficient (Wildman–Crippen LogP) is 13.3.